The normalized spacial score (nSPS) is 9.50. The maximum Gasteiger partial charge on any atom is 0.0831 e. The SMILES string of the molecule is Clc1cccc(NBr)c1Cl. The molecule has 1 nitrogen and oxygen atoms in total. The van der Waals surface area contributed by atoms with Gasteiger partial charge in [0.25, 0.3) is 0 Å². The van der Waals surface area contributed by atoms with E-state index in [9.17, 15) is 0 Å². The Morgan fingerprint density at radius 1 is 1.30 bits per heavy atom. The second-order valence-electron chi connectivity index (χ2n) is 1.70. The molecule has 0 fully saturated rings. The first kappa shape index (κ1) is 8.18. The summed E-state index contributed by atoms with van der Waals surface area (Å²) < 4.78 is 2.73. The molecule has 0 amide bonds. The number of nitrogens with one attached hydrogen (secondary N) is 1. The topological polar surface area (TPSA) is 12.0 Å². The number of hydrogen-bond donors (Lipinski definition) is 1. The molecule has 0 heterocycles. The zero-order chi connectivity index (χ0) is 7.56. The molecule has 1 N–H and O–H groups in total. The molecule has 0 aliphatic heterocycles. The van der Waals surface area contributed by atoms with Crippen molar-refractivity contribution in [2.45, 2.75) is 0 Å². The highest BCUT2D eigenvalue weighted by atomic mass is 79.9. The van der Waals surface area contributed by atoms with Crippen molar-refractivity contribution in [2.24, 2.45) is 0 Å². The quantitative estimate of drug-likeness (QED) is 0.738. The molecule has 0 aromatic heterocycles. The predicted octanol–water partition coefficient (Wildman–Crippen LogP) is 3.72. The Balaban J connectivity index is 3.14. The van der Waals surface area contributed by atoms with Gasteiger partial charge in [-0.3, -0.25) is 0 Å². The molecule has 4 heteroatoms. The Hall–Kier alpha value is 0.0800. The molecule has 1 aromatic rings. The monoisotopic (exact) mass is 239 g/mol. The lowest BCUT2D eigenvalue weighted by Gasteiger charge is -2.01. The van der Waals surface area contributed by atoms with Crippen LogP contribution in [-0.2, 0) is 0 Å². The first-order chi connectivity index (χ1) is 4.75. The average molecular weight is 241 g/mol. The van der Waals surface area contributed by atoms with E-state index in [0.717, 1.165) is 5.69 Å². The van der Waals surface area contributed by atoms with Gasteiger partial charge in [0.05, 0.1) is 15.7 Å². The van der Waals surface area contributed by atoms with Crippen LogP contribution in [0.4, 0.5) is 5.69 Å². The number of halogens is 3. The van der Waals surface area contributed by atoms with E-state index in [1.807, 2.05) is 12.1 Å². The summed E-state index contributed by atoms with van der Waals surface area (Å²) >= 11 is 14.5. The van der Waals surface area contributed by atoms with E-state index in [1.165, 1.54) is 0 Å². The third-order valence-corrected chi connectivity index (χ3v) is 2.30. The molecule has 10 heavy (non-hydrogen) atoms. The first-order valence-electron chi connectivity index (χ1n) is 2.56. The maximum atomic E-state index is 5.77. The van der Waals surface area contributed by atoms with E-state index < -0.39 is 0 Å². The summed E-state index contributed by atoms with van der Waals surface area (Å²) in [6, 6.07) is 5.37. The summed E-state index contributed by atoms with van der Waals surface area (Å²) in [6.45, 7) is 0. The first-order valence-corrected chi connectivity index (χ1v) is 4.11. The van der Waals surface area contributed by atoms with E-state index >= 15 is 0 Å². The fraction of sp³-hybridized carbons (Fsp3) is 0. The van der Waals surface area contributed by atoms with Crippen molar-refractivity contribution in [3.63, 3.8) is 0 Å². The van der Waals surface area contributed by atoms with Crippen LogP contribution in [0.5, 0.6) is 0 Å². The van der Waals surface area contributed by atoms with Crippen molar-refractivity contribution in [2.75, 3.05) is 4.34 Å². The van der Waals surface area contributed by atoms with Gasteiger partial charge in [0, 0.05) is 16.1 Å². The summed E-state index contributed by atoms with van der Waals surface area (Å²) in [6.07, 6.45) is 0. The molecule has 54 valence electrons. The van der Waals surface area contributed by atoms with Crippen LogP contribution in [0.15, 0.2) is 18.2 Å². The molecule has 0 bridgehead atoms. The van der Waals surface area contributed by atoms with E-state index in [0.29, 0.717) is 10.0 Å². The number of hydrogen-bond acceptors (Lipinski definition) is 1. The van der Waals surface area contributed by atoms with Crippen molar-refractivity contribution >= 4 is 45.0 Å². The molecule has 0 radical (unpaired) electrons. The van der Waals surface area contributed by atoms with Crippen LogP contribution in [0.1, 0.15) is 0 Å². The zero-order valence-electron chi connectivity index (χ0n) is 4.87. The number of rotatable bonds is 1. The van der Waals surface area contributed by atoms with Crippen LogP contribution in [0.3, 0.4) is 0 Å². The smallest absolute Gasteiger partial charge is 0.0831 e. The zero-order valence-corrected chi connectivity index (χ0v) is 7.96. The Labute approximate surface area is 77.7 Å². The molecule has 0 aliphatic carbocycles. The Morgan fingerprint density at radius 3 is 2.50 bits per heavy atom. The Bertz CT molecular complexity index is 239. The van der Waals surface area contributed by atoms with Crippen LogP contribution < -0.4 is 4.34 Å². The summed E-state index contributed by atoms with van der Waals surface area (Å²) in [7, 11) is 0. The summed E-state index contributed by atoms with van der Waals surface area (Å²) in [5.41, 5.74) is 0.772. The molecule has 0 saturated heterocycles. The third-order valence-electron chi connectivity index (χ3n) is 1.05. The van der Waals surface area contributed by atoms with Gasteiger partial charge in [0.2, 0.25) is 0 Å². The molecule has 0 saturated carbocycles. The van der Waals surface area contributed by atoms with Crippen LogP contribution in [0.25, 0.3) is 0 Å². The van der Waals surface area contributed by atoms with Crippen LogP contribution >= 0.6 is 39.3 Å². The molecule has 0 spiro atoms. The van der Waals surface area contributed by atoms with E-state index in [2.05, 4.69) is 20.5 Å². The largest absolute Gasteiger partial charge is 0.321 e. The highest BCUT2D eigenvalue weighted by Crippen LogP contribution is 2.29. The lowest BCUT2D eigenvalue weighted by atomic mass is 10.3. The Morgan fingerprint density at radius 2 is 2.00 bits per heavy atom. The second kappa shape index (κ2) is 3.46. The van der Waals surface area contributed by atoms with Crippen LogP contribution in [-0.4, -0.2) is 0 Å². The van der Waals surface area contributed by atoms with Gasteiger partial charge >= 0.3 is 0 Å². The van der Waals surface area contributed by atoms with E-state index in [-0.39, 0.29) is 0 Å². The second-order valence-corrected chi connectivity index (χ2v) is 2.88. The van der Waals surface area contributed by atoms with Gasteiger partial charge in [-0.25, -0.2) is 0 Å². The number of benzene rings is 1. The minimum Gasteiger partial charge on any atom is -0.321 e. The van der Waals surface area contributed by atoms with Crippen LogP contribution in [0, 0.1) is 0 Å². The van der Waals surface area contributed by atoms with E-state index in [4.69, 9.17) is 23.2 Å². The summed E-state index contributed by atoms with van der Waals surface area (Å²) in [4.78, 5) is 0. The van der Waals surface area contributed by atoms with Gasteiger partial charge in [0.1, 0.15) is 0 Å². The van der Waals surface area contributed by atoms with Gasteiger partial charge in [-0.05, 0) is 12.1 Å². The van der Waals surface area contributed by atoms with Gasteiger partial charge in [-0.2, -0.15) is 0 Å². The molecule has 1 rings (SSSR count). The lowest BCUT2D eigenvalue weighted by Crippen LogP contribution is -1.80. The molecular formula is C6H4BrCl2N. The minimum atomic E-state index is 0.529. The Kier molecular flexibility index (Phi) is 2.83. The highest BCUT2D eigenvalue weighted by molar-refractivity contribution is 9.10. The van der Waals surface area contributed by atoms with Crippen molar-refractivity contribution in [3.8, 4) is 0 Å². The lowest BCUT2D eigenvalue weighted by molar-refractivity contribution is 1.69. The summed E-state index contributed by atoms with van der Waals surface area (Å²) in [5, 5.41) is 1.08. The number of anilines is 1. The highest BCUT2D eigenvalue weighted by Gasteiger charge is 2.00. The maximum absolute atomic E-state index is 5.77. The summed E-state index contributed by atoms with van der Waals surface area (Å²) in [5.74, 6) is 0. The standard InChI is InChI=1S/C6H4BrCl2N/c7-10-5-3-1-2-4(8)6(5)9/h1-3,10H. The van der Waals surface area contributed by atoms with Crippen LogP contribution in [0.2, 0.25) is 10.0 Å². The molecule has 0 aliphatic rings. The third kappa shape index (κ3) is 1.57. The van der Waals surface area contributed by atoms with Gasteiger partial charge in [-0.1, -0.05) is 29.3 Å². The van der Waals surface area contributed by atoms with Crippen molar-refractivity contribution in [1.29, 1.82) is 0 Å². The predicted molar refractivity (Wildman–Crippen MR) is 49.0 cm³/mol. The molecule has 0 atom stereocenters. The van der Waals surface area contributed by atoms with Crippen molar-refractivity contribution in [1.82, 2.24) is 0 Å². The molecule has 0 unspecified atom stereocenters. The van der Waals surface area contributed by atoms with E-state index in [1.54, 1.807) is 6.07 Å². The average Bonchev–Trinajstić information content (AvgIpc) is 1.95. The fourth-order valence-electron chi connectivity index (χ4n) is 0.577. The molecule has 1 aromatic carbocycles. The van der Waals surface area contributed by atoms with Gasteiger partial charge in [0.15, 0.2) is 0 Å². The van der Waals surface area contributed by atoms with Crippen molar-refractivity contribution in [3.05, 3.63) is 28.2 Å². The van der Waals surface area contributed by atoms with Gasteiger partial charge in [-0.15, -0.1) is 0 Å². The minimum absolute atomic E-state index is 0.529. The van der Waals surface area contributed by atoms with Gasteiger partial charge < -0.3 is 4.34 Å². The molecular weight excluding hydrogens is 237 g/mol. The fourth-order valence-corrected chi connectivity index (χ4v) is 1.37. The van der Waals surface area contributed by atoms with Crippen molar-refractivity contribution < 1.29 is 0 Å².